The Hall–Kier alpha value is 2.36. The van der Waals surface area contributed by atoms with E-state index >= 15 is 0 Å². The largest absolute Gasteiger partial charge is 2.00 e. The fourth-order valence-corrected chi connectivity index (χ4v) is 0. The van der Waals surface area contributed by atoms with Crippen molar-refractivity contribution in [2.75, 3.05) is 0 Å². The molecule has 0 heterocycles. The molecular weight excluding hydrogens is 359 g/mol. The Morgan fingerprint density at radius 3 is 1.12 bits per heavy atom. The van der Waals surface area contributed by atoms with E-state index in [1.54, 1.807) is 0 Å². The second-order valence-electron chi connectivity index (χ2n) is 0.447. The molecule has 0 aromatic carbocycles. The van der Waals surface area contributed by atoms with Gasteiger partial charge in [0.2, 0.25) is 0 Å². The molecule has 0 spiro atoms. The molecular formula is AgO4PZnZr. The molecule has 0 aromatic rings. The van der Waals surface area contributed by atoms with Crippen LogP contribution in [-0.2, 0) is 72.6 Å². The maximum Gasteiger partial charge on any atom is 2.00 e. The standard InChI is InChI=1S/Ag.H3O4P.Zn.Zr/c;1-5(2,3)4;;/h;(H3,1,2,3,4);;/q+1;;+2;/p-3. The first-order chi connectivity index (χ1) is 2.00. The van der Waals surface area contributed by atoms with Crippen LogP contribution in [0, 0.1) is 0 Å². The van der Waals surface area contributed by atoms with Crippen LogP contribution in [0.25, 0.3) is 0 Å². The van der Waals surface area contributed by atoms with Crippen LogP contribution >= 0.6 is 7.82 Å². The zero-order valence-electron chi connectivity index (χ0n) is 3.59. The van der Waals surface area contributed by atoms with Crippen molar-refractivity contribution in [2.24, 2.45) is 0 Å². The van der Waals surface area contributed by atoms with E-state index < -0.39 is 7.82 Å². The van der Waals surface area contributed by atoms with Gasteiger partial charge in [-0.2, -0.15) is 7.82 Å². The van der Waals surface area contributed by atoms with Crippen LogP contribution in [0.1, 0.15) is 0 Å². The van der Waals surface area contributed by atoms with Gasteiger partial charge in [0.1, 0.15) is 0 Å². The quantitative estimate of drug-likeness (QED) is 0.345. The van der Waals surface area contributed by atoms with Crippen LogP contribution in [0.2, 0.25) is 0 Å². The molecule has 0 saturated carbocycles. The Kier molecular flexibility index (Phi) is 26.2. The van der Waals surface area contributed by atoms with Crippen LogP contribution in [0.3, 0.4) is 0 Å². The SMILES string of the molecule is O=P([O-])([O-])[O-].[Ag+].[Zn+2].[Zr]. The Bertz CT molecular complexity index is 62.2. The van der Waals surface area contributed by atoms with Crippen molar-refractivity contribution in [3.63, 3.8) is 0 Å². The Morgan fingerprint density at radius 2 is 1.12 bits per heavy atom. The maximum absolute atomic E-state index is 8.55. The fraction of sp³-hybridized carbons (Fsp3) is 0. The van der Waals surface area contributed by atoms with Crippen molar-refractivity contribution in [2.45, 2.75) is 0 Å². The van der Waals surface area contributed by atoms with Crippen LogP contribution in [-0.4, -0.2) is 0 Å². The molecule has 8 heteroatoms. The number of hydrogen-bond acceptors (Lipinski definition) is 4. The van der Waals surface area contributed by atoms with E-state index in [1.807, 2.05) is 0 Å². The van der Waals surface area contributed by atoms with Crippen LogP contribution < -0.4 is 14.7 Å². The number of rotatable bonds is 0. The van der Waals surface area contributed by atoms with Crippen molar-refractivity contribution in [3.8, 4) is 0 Å². The third-order valence-corrected chi connectivity index (χ3v) is 0. The molecule has 0 radical (unpaired) electrons. The summed E-state index contributed by atoms with van der Waals surface area (Å²) >= 11 is 0. The Balaban J connectivity index is -0.0000000267. The van der Waals surface area contributed by atoms with Crippen LogP contribution in [0.15, 0.2) is 0 Å². The zero-order chi connectivity index (χ0) is 4.50. The second kappa shape index (κ2) is 9.36. The van der Waals surface area contributed by atoms with Gasteiger partial charge in [0.25, 0.3) is 0 Å². The normalized spacial score (nSPS) is 7.38. The number of phosphoric acid groups is 1. The van der Waals surface area contributed by atoms with Gasteiger partial charge in [-0.15, -0.1) is 0 Å². The van der Waals surface area contributed by atoms with Gasteiger partial charge in [0, 0.05) is 26.2 Å². The van der Waals surface area contributed by atoms with Crippen LogP contribution in [0.5, 0.6) is 0 Å². The minimum absolute atomic E-state index is 0. The minimum atomic E-state index is -5.39. The van der Waals surface area contributed by atoms with E-state index in [2.05, 4.69) is 0 Å². The molecule has 0 saturated heterocycles. The Morgan fingerprint density at radius 1 is 1.12 bits per heavy atom. The molecule has 0 aromatic heterocycles. The van der Waals surface area contributed by atoms with Crippen molar-refractivity contribution >= 4 is 7.82 Å². The second-order valence-corrected chi connectivity index (χ2v) is 1.34. The molecule has 0 fully saturated rings. The third kappa shape index (κ3) is 81.4. The molecule has 8 heavy (non-hydrogen) atoms. The maximum atomic E-state index is 8.55. The van der Waals surface area contributed by atoms with Crippen molar-refractivity contribution in [1.82, 2.24) is 0 Å². The predicted molar refractivity (Wildman–Crippen MR) is 7.61 cm³/mol. The summed E-state index contributed by atoms with van der Waals surface area (Å²) in [5.74, 6) is 0. The number of hydrogen-bond donors (Lipinski definition) is 0. The topological polar surface area (TPSA) is 86.2 Å². The summed E-state index contributed by atoms with van der Waals surface area (Å²) in [7, 11) is -5.39. The average molecular weight is 359 g/mol. The summed E-state index contributed by atoms with van der Waals surface area (Å²) in [6, 6.07) is 0. The molecule has 0 unspecified atom stereocenters. The summed E-state index contributed by atoms with van der Waals surface area (Å²) in [6.45, 7) is 0. The third-order valence-electron chi connectivity index (χ3n) is 0. The summed E-state index contributed by atoms with van der Waals surface area (Å²) in [4.78, 5) is 25.6. The molecule has 0 aliphatic heterocycles. The molecule has 0 amide bonds. The van der Waals surface area contributed by atoms with Gasteiger partial charge < -0.3 is 19.2 Å². The van der Waals surface area contributed by atoms with Gasteiger partial charge in [0.05, 0.1) is 0 Å². The van der Waals surface area contributed by atoms with E-state index in [4.69, 9.17) is 19.2 Å². The van der Waals surface area contributed by atoms with Gasteiger partial charge >= 0.3 is 41.9 Å². The first-order valence-electron chi connectivity index (χ1n) is 0.730. The smallest absolute Gasteiger partial charge is 0.822 e. The van der Waals surface area contributed by atoms with Crippen LogP contribution in [0.4, 0.5) is 0 Å². The fourth-order valence-electron chi connectivity index (χ4n) is 0. The first kappa shape index (κ1) is 22.4. The molecule has 4 nitrogen and oxygen atoms in total. The van der Waals surface area contributed by atoms with Gasteiger partial charge in [-0.1, -0.05) is 0 Å². The van der Waals surface area contributed by atoms with Gasteiger partial charge in [-0.25, -0.2) is 0 Å². The van der Waals surface area contributed by atoms with Crippen molar-refractivity contribution < 1.29 is 87.3 Å². The zero-order valence-corrected chi connectivity index (χ0v) is 11.4. The van der Waals surface area contributed by atoms with Crippen molar-refractivity contribution in [3.05, 3.63) is 0 Å². The molecule has 0 atom stereocenters. The summed E-state index contributed by atoms with van der Waals surface area (Å²) in [5.41, 5.74) is 0. The van der Waals surface area contributed by atoms with E-state index in [9.17, 15) is 0 Å². The van der Waals surface area contributed by atoms with E-state index in [-0.39, 0.29) is 68.1 Å². The van der Waals surface area contributed by atoms with E-state index in [0.717, 1.165) is 0 Å². The van der Waals surface area contributed by atoms with Gasteiger partial charge in [-0.3, -0.25) is 0 Å². The molecule has 0 rings (SSSR count). The molecule has 0 bridgehead atoms. The molecule has 0 aliphatic rings. The monoisotopic (exact) mass is 356 g/mol. The summed E-state index contributed by atoms with van der Waals surface area (Å²) < 4.78 is 8.55. The van der Waals surface area contributed by atoms with E-state index in [0.29, 0.717) is 0 Å². The van der Waals surface area contributed by atoms with E-state index in [1.165, 1.54) is 0 Å². The summed E-state index contributed by atoms with van der Waals surface area (Å²) in [5, 5.41) is 0. The predicted octanol–water partition coefficient (Wildman–Crippen LogP) is -2.83. The average Bonchev–Trinajstić information content (AvgIpc) is 0.722. The summed E-state index contributed by atoms with van der Waals surface area (Å²) in [6.07, 6.45) is 0. The van der Waals surface area contributed by atoms with Gasteiger partial charge in [0.15, 0.2) is 0 Å². The van der Waals surface area contributed by atoms with Crippen molar-refractivity contribution in [1.29, 1.82) is 0 Å². The minimum Gasteiger partial charge on any atom is -0.822 e. The first-order valence-corrected chi connectivity index (χ1v) is 2.19. The molecule has 0 N–H and O–H groups in total. The molecule has 0 aliphatic carbocycles. The molecule has 46 valence electrons. The van der Waals surface area contributed by atoms with Gasteiger partial charge in [-0.05, 0) is 0 Å². The Labute approximate surface area is 94.1 Å².